The standard InChI is InChI=1S/C14H19FN2O3/c1-14(2,3)11(16)12(18)17-10-7-8(13(19)20-4)5-6-9(10)15/h5-7,11H,16H2,1-4H3,(H,17,18)/t11-/m1/s1. The van der Waals surface area contributed by atoms with Crippen molar-refractivity contribution in [3.05, 3.63) is 29.6 Å². The van der Waals surface area contributed by atoms with E-state index in [1.54, 1.807) is 20.8 Å². The average molecular weight is 282 g/mol. The monoisotopic (exact) mass is 282 g/mol. The number of nitrogens with two attached hydrogens (primary N) is 1. The van der Waals surface area contributed by atoms with Gasteiger partial charge in [-0.2, -0.15) is 0 Å². The number of hydrogen-bond acceptors (Lipinski definition) is 4. The summed E-state index contributed by atoms with van der Waals surface area (Å²) < 4.78 is 18.2. The summed E-state index contributed by atoms with van der Waals surface area (Å²) in [6.45, 7) is 5.41. The van der Waals surface area contributed by atoms with E-state index in [0.29, 0.717) is 0 Å². The zero-order chi connectivity index (χ0) is 15.5. The number of hydrogen-bond donors (Lipinski definition) is 2. The molecule has 0 saturated carbocycles. The second-order valence-corrected chi connectivity index (χ2v) is 5.52. The van der Waals surface area contributed by atoms with Gasteiger partial charge in [-0.05, 0) is 23.6 Å². The van der Waals surface area contributed by atoms with Crippen LogP contribution < -0.4 is 11.1 Å². The number of carbonyl (C=O) groups is 2. The third kappa shape index (κ3) is 3.77. The van der Waals surface area contributed by atoms with Crippen LogP contribution in [0, 0.1) is 11.2 Å². The van der Waals surface area contributed by atoms with E-state index < -0.39 is 29.2 Å². The van der Waals surface area contributed by atoms with Crippen LogP contribution in [0.1, 0.15) is 31.1 Å². The number of rotatable bonds is 3. The predicted molar refractivity (Wildman–Crippen MR) is 73.8 cm³/mol. The summed E-state index contributed by atoms with van der Waals surface area (Å²) in [5, 5.41) is 2.39. The molecule has 0 spiro atoms. The van der Waals surface area contributed by atoms with E-state index in [0.717, 1.165) is 6.07 Å². The zero-order valence-corrected chi connectivity index (χ0v) is 12.0. The first kappa shape index (κ1) is 16.1. The molecular formula is C14H19FN2O3. The molecule has 0 unspecified atom stereocenters. The lowest BCUT2D eigenvalue weighted by atomic mass is 9.87. The topological polar surface area (TPSA) is 81.4 Å². The molecule has 0 aromatic heterocycles. The average Bonchev–Trinajstić information content (AvgIpc) is 2.38. The molecule has 0 aliphatic heterocycles. The van der Waals surface area contributed by atoms with Crippen LogP contribution in [0.3, 0.4) is 0 Å². The molecule has 0 heterocycles. The molecule has 0 fully saturated rings. The number of anilines is 1. The molecular weight excluding hydrogens is 263 g/mol. The van der Waals surface area contributed by atoms with E-state index in [-0.39, 0.29) is 11.3 Å². The van der Waals surface area contributed by atoms with E-state index in [9.17, 15) is 14.0 Å². The summed E-state index contributed by atoms with van der Waals surface area (Å²) in [6.07, 6.45) is 0. The lowest BCUT2D eigenvalue weighted by Crippen LogP contribution is -2.45. The molecule has 6 heteroatoms. The van der Waals surface area contributed by atoms with Crippen molar-refractivity contribution in [2.45, 2.75) is 26.8 Å². The first-order chi connectivity index (χ1) is 9.16. The Morgan fingerprint density at radius 3 is 2.45 bits per heavy atom. The van der Waals surface area contributed by atoms with Crippen LogP contribution in [0.15, 0.2) is 18.2 Å². The van der Waals surface area contributed by atoms with Crippen molar-refractivity contribution in [1.29, 1.82) is 0 Å². The minimum atomic E-state index is -0.802. The quantitative estimate of drug-likeness (QED) is 0.830. The van der Waals surface area contributed by atoms with Crippen LogP contribution >= 0.6 is 0 Å². The van der Waals surface area contributed by atoms with Crippen molar-refractivity contribution in [3.8, 4) is 0 Å². The Bertz CT molecular complexity index is 524. The molecule has 1 atom stereocenters. The van der Waals surface area contributed by atoms with E-state index in [4.69, 9.17) is 5.73 Å². The smallest absolute Gasteiger partial charge is 0.337 e. The number of benzene rings is 1. The minimum Gasteiger partial charge on any atom is -0.465 e. The number of methoxy groups -OCH3 is 1. The SMILES string of the molecule is COC(=O)c1ccc(F)c(NC(=O)[C@@H](N)C(C)(C)C)c1. The molecule has 1 aromatic rings. The fourth-order valence-corrected chi connectivity index (χ4v) is 1.47. The summed E-state index contributed by atoms with van der Waals surface area (Å²) in [4.78, 5) is 23.3. The summed E-state index contributed by atoms with van der Waals surface area (Å²) in [6, 6.07) is 2.78. The molecule has 110 valence electrons. The number of carbonyl (C=O) groups excluding carboxylic acids is 2. The van der Waals surface area contributed by atoms with Gasteiger partial charge < -0.3 is 15.8 Å². The van der Waals surface area contributed by atoms with Gasteiger partial charge in [0.25, 0.3) is 0 Å². The molecule has 20 heavy (non-hydrogen) atoms. The van der Waals surface area contributed by atoms with Gasteiger partial charge >= 0.3 is 5.97 Å². The summed E-state index contributed by atoms with van der Waals surface area (Å²) in [5.41, 5.74) is 5.38. The van der Waals surface area contributed by atoms with Gasteiger partial charge in [0.1, 0.15) is 5.82 Å². The van der Waals surface area contributed by atoms with Crippen LogP contribution in [0.2, 0.25) is 0 Å². The van der Waals surface area contributed by atoms with E-state index in [1.165, 1.54) is 19.2 Å². The van der Waals surface area contributed by atoms with E-state index >= 15 is 0 Å². The molecule has 1 rings (SSSR count). The molecule has 5 nitrogen and oxygen atoms in total. The minimum absolute atomic E-state index is 0.0994. The third-order valence-corrected chi connectivity index (χ3v) is 2.86. The highest BCUT2D eigenvalue weighted by atomic mass is 19.1. The molecule has 1 aromatic carbocycles. The van der Waals surface area contributed by atoms with Crippen LogP contribution in [0.25, 0.3) is 0 Å². The highest BCUT2D eigenvalue weighted by molar-refractivity contribution is 5.97. The van der Waals surface area contributed by atoms with Crippen molar-refractivity contribution in [2.75, 3.05) is 12.4 Å². The van der Waals surface area contributed by atoms with E-state index in [1.807, 2.05) is 0 Å². The Balaban J connectivity index is 2.97. The van der Waals surface area contributed by atoms with Crippen molar-refractivity contribution < 1.29 is 18.7 Å². The van der Waals surface area contributed by atoms with Crippen LogP contribution in [0.5, 0.6) is 0 Å². The molecule has 0 radical (unpaired) electrons. The highest BCUT2D eigenvalue weighted by Crippen LogP contribution is 2.21. The molecule has 0 aliphatic rings. The molecule has 0 bridgehead atoms. The molecule has 1 amide bonds. The summed E-state index contributed by atoms with van der Waals surface area (Å²) in [7, 11) is 1.22. The van der Waals surface area contributed by atoms with Crippen LogP contribution in [0.4, 0.5) is 10.1 Å². The Morgan fingerprint density at radius 1 is 1.35 bits per heavy atom. The maximum Gasteiger partial charge on any atom is 0.337 e. The molecule has 0 aliphatic carbocycles. The Morgan fingerprint density at radius 2 is 1.95 bits per heavy atom. The second kappa shape index (κ2) is 6.00. The number of ether oxygens (including phenoxy) is 1. The maximum absolute atomic E-state index is 13.6. The Labute approximate surface area is 117 Å². The first-order valence-corrected chi connectivity index (χ1v) is 6.11. The predicted octanol–water partition coefficient (Wildman–Crippen LogP) is 1.92. The van der Waals surface area contributed by atoms with Gasteiger partial charge in [0.15, 0.2) is 0 Å². The van der Waals surface area contributed by atoms with Gasteiger partial charge in [-0.3, -0.25) is 4.79 Å². The van der Waals surface area contributed by atoms with Gasteiger partial charge in [0.05, 0.1) is 24.4 Å². The first-order valence-electron chi connectivity index (χ1n) is 6.11. The summed E-state index contributed by atoms with van der Waals surface area (Å²) in [5.74, 6) is -1.77. The Kier molecular flexibility index (Phi) is 4.83. The zero-order valence-electron chi connectivity index (χ0n) is 12.0. The van der Waals surface area contributed by atoms with Gasteiger partial charge in [0.2, 0.25) is 5.91 Å². The largest absolute Gasteiger partial charge is 0.465 e. The Hall–Kier alpha value is -1.95. The van der Waals surface area contributed by atoms with Gasteiger partial charge in [0, 0.05) is 0 Å². The number of halogens is 1. The maximum atomic E-state index is 13.6. The fraction of sp³-hybridized carbons (Fsp3) is 0.429. The normalized spacial score (nSPS) is 12.7. The van der Waals surface area contributed by atoms with Crippen LogP contribution in [-0.2, 0) is 9.53 Å². The van der Waals surface area contributed by atoms with Crippen molar-refractivity contribution in [3.63, 3.8) is 0 Å². The van der Waals surface area contributed by atoms with Gasteiger partial charge in [-0.1, -0.05) is 20.8 Å². The van der Waals surface area contributed by atoms with Crippen LogP contribution in [-0.4, -0.2) is 25.0 Å². The van der Waals surface area contributed by atoms with Crippen molar-refractivity contribution in [2.24, 2.45) is 11.1 Å². The highest BCUT2D eigenvalue weighted by Gasteiger charge is 2.28. The number of esters is 1. The number of nitrogens with one attached hydrogen (secondary N) is 1. The lowest BCUT2D eigenvalue weighted by Gasteiger charge is -2.25. The summed E-state index contributed by atoms with van der Waals surface area (Å²) >= 11 is 0. The molecule has 0 saturated heterocycles. The molecule has 3 N–H and O–H groups in total. The fourth-order valence-electron chi connectivity index (χ4n) is 1.47. The van der Waals surface area contributed by atoms with Gasteiger partial charge in [-0.15, -0.1) is 0 Å². The van der Waals surface area contributed by atoms with Gasteiger partial charge in [-0.25, -0.2) is 9.18 Å². The lowest BCUT2D eigenvalue weighted by molar-refractivity contribution is -0.119. The number of amides is 1. The second-order valence-electron chi connectivity index (χ2n) is 5.52. The van der Waals surface area contributed by atoms with E-state index in [2.05, 4.69) is 10.1 Å². The third-order valence-electron chi connectivity index (χ3n) is 2.86. The van der Waals surface area contributed by atoms with Crippen molar-refractivity contribution in [1.82, 2.24) is 0 Å². The van der Waals surface area contributed by atoms with Crippen molar-refractivity contribution >= 4 is 17.6 Å².